The third kappa shape index (κ3) is 4.00. The molecule has 0 saturated heterocycles. The highest BCUT2D eigenvalue weighted by Crippen LogP contribution is 2.31. The van der Waals surface area contributed by atoms with Gasteiger partial charge in [-0.1, -0.05) is 25.2 Å². The molecule has 3 nitrogen and oxygen atoms in total. The van der Waals surface area contributed by atoms with Crippen molar-refractivity contribution < 1.29 is 8.42 Å². The Morgan fingerprint density at radius 3 is 2.28 bits per heavy atom. The molecule has 0 aromatic rings. The summed E-state index contributed by atoms with van der Waals surface area (Å²) in [6.07, 6.45) is 13.3. The monoisotopic (exact) mass is 269 g/mol. The molecule has 0 aromatic carbocycles. The van der Waals surface area contributed by atoms with Crippen molar-refractivity contribution in [3.8, 4) is 12.3 Å². The predicted octanol–water partition coefficient (Wildman–Crippen LogP) is 2.24. The van der Waals surface area contributed by atoms with E-state index >= 15 is 0 Å². The van der Waals surface area contributed by atoms with Gasteiger partial charge in [0.2, 0.25) is 10.0 Å². The van der Waals surface area contributed by atoms with Crippen LogP contribution >= 0.6 is 0 Å². The lowest BCUT2D eigenvalue weighted by molar-refractivity contribution is 0.369. The molecule has 2 saturated carbocycles. The summed E-state index contributed by atoms with van der Waals surface area (Å²) >= 11 is 0. The molecule has 0 amide bonds. The van der Waals surface area contributed by atoms with Crippen LogP contribution in [0.5, 0.6) is 0 Å². The number of sulfonamides is 1. The van der Waals surface area contributed by atoms with Crippen LogP contribution in [0.15, 0.2) is 0 Å². The van der Waals surface area contributed by atoms with Gasteiger partial charge in [0.1, 0.15) is 0 Å². The highest BCUT2D eigenvalue weighted by molar-refractivity contribution is 7.89. The van der Waals surface area contributed by atoms with Crippen LogP contribution < -0.4 is 0 Å². The molecule has 18 heavy (non-hydrogen) atoms. The second kappa shape index (κ2) is 6.08. The Bertz CT molecular complexity index is 400. The fourth-order valence-electron chi connectivity index (χ4n) is 2.72. The van der Waals surface area contributed by atoms with E-state index in [0.717, 1.165) is 25.7 Å². The van der Waals surface area contributed by atoms with Crippen molar-refractivity contribution in [3.05, 3.63) is 0 Å². The average molecular weight is 269 g/mol. The first-order valence-corrected chi connectivity index (χ1v) is 8.64. The van der Waals surface area contributed by atoms with Gasteiger partial charge in [-0.2, -0.15) is 4.31 Å². The van der Waals surface area contributed by atoms with Gasteiger partial charge in [0, 0.05) is 6.54 Å². The van der Waals surface area contributed by atoms with Crippen LogP contribution in [0.4, 0.5) is 0 Å². The molecule has 0 atom stereocenters. The summed E-state index contributed by atoms with van der Waals surface area (Å²) in [5, 5.41) is 0. The maximum absolute atomic E-state index is 12.4. The third-order valence-electron chi connectivity index (χ3n) is 3.99. The van der Waals surface area contributed by atoms with Crippen molar-refractivity contribution in [2.75, 3.05) is 18.8 Å². The lowest BCUT2D eigenvalue weighted by Crippen LogP contribution is -2.37. The van der Waals surface area contributed by atoms with Gasteiger partial charge in [0.15, 0.2) is 0 Å². The van der Waals surface area contributed by atoms with E-state index in [9.17, 15) is 8.42 Å². The average Bonchev–Trinajstić information content (AvgIpc) is 3.13. The quantitative estimate of drug-likeness (QED) is 0.694. The molecule has 2 aliphatic rings. The molecule has 0 aliphatic heterocycles. The number of rotatable bonds is 6. The van der Waals surface area contributed by atoms with E-state index in [2.05, 4.69) is 5.92 Å². The summed E-state index contributed by atoms with van der Waals surface area (Å²) in [5.74, 6) is 3.70. The Kier molecular flexibility index (Phi) is 4.69. The summed E-state index contributed by atoms with van der Waals surface area (Å²) in [6.45, 7) is 0.880. The van der Waals surface area contributed by atoms with Crippen LogP contribution in [-0.2, 0) is 10.0 Å². The van der Waals surface area contributed by atoms with Gasteiger partial charge in [-0.3, -0.25) is 0 Å². The van der Waals surface area contributed by atoms with Crippen LogP contribution in [0.3, 0.4) is 0 Å². The van der Waals surface area contributed by atoms with Gasteiger partial charge >= 0.3 is 0 Å². The topological polar surface area (TPSA) is 37.4 Å². The summed E-state index contributed by atoms with van der Waals surface area (Å²) in [7, 11) is -3.15. The largest absolute Gasteiger partial charge is 0.215 e. The number of hydrogen-bond acceptors (Lipinski definition) is 2. The predicted molar refractivity (Wildman–Crippen MR) is 73.5 cm³/mol. The SMILES string of the molecule is C#CCN(CC1CC1)S(=O)(=O)CC1CCCCC1. The Morgan fingerprint density at radius 1 is 1.06 bits per heavy atom. The molecule has 0 N–H and O–H groups in total. The minimum atomic E-state index is -3.15. The Hall–Kier alpha value is -0.530. The maximum atomic E-state index is 12.4. The first-order valence-electron chi connectivity index (χ1n) is 7.03. The number of terminal acetylenes is 1. The molecule has 4 heteroatoms. The van der Waals surface area contributed by atoms with Crippen molar-refractivity contribution in [2.24, 2.45) is 11.8 Å². The van der Waals surface area contributed by atoms with E-state index in [1.165, 1.54) is 19.3 Å². The molecule has 2 rings (SSSR count). The summed E-state index contributed by atoms with van der Waals surface area (Å²) in [5.41, 5.74) is 0. The molecule has 0 spiro atoms. The zero-order valence-electron chi connectivity index (χ0n) is 11.0. The lowest BCUT2D eigenvalue weighted by Gasteiger charge is -2.25. The zero-order chi connectivity index (χ0) is 13.0. The molecule has 0 radical (unpaired) electrons. The van der Waals surface area contributed by atoms with E-state index in [1.807, 2.05) is 0 Å². The normalized spacial score (nSPS) is 22.0. The summed E-state index contributed by atoms with van der Waals surface area (Å²) in [6, 6.07) is 0. The van der Waals surface area contributed by atoms with E-state index in [0.29, 0.717) is 24.1 Å². The Balaban J connectivity index is 1.94. The standard InChI is InChI=1S/C14H23NO2S/c1-2-10-15(11-13-8-9-13)18(16,17)12-14-6-4-3-5-7-14/h1,13-14H,3-12H2. The first kappa shape index (κ1) is 13.9. The highest BCUT2D eigenvalue weighted by Gasteiger charge is 2.32. The molecular formula is C14H23NO2S. The van der Waals surface area contributed by atoms with Gasteiger partial charge < -0.3 is 0 Å². The molecule has 0 bridgehead atoms. The Labute approximate surface area is 111 Å². The van der Waals surface area contributed by atoms with E-state index in [-0.39, 0.29) is 6.54 Å². The molecule has 2 aliphatic carbocycles. The maximum Gasteiger partial charge on any atom is 0.215 e. The second-order valence-corrected chi connectivity index (χ2v) is 7.74. The zero-order valence-corrected chi connectivity index (χ0v) is 11.8. The fourth-order valence-corrected chi connectivity index (χ4v) is 4.57. The highest BCUT2D eigenvalue weighted by atomic mass is 32.2. The van der Waals surface area contributed by atoms with Crippen LogP contribution in [0.1, 0.15) is 44.9 Å². The van der Waals surface area contributed by atoms with Crippen molar-refractivity contribution in [2.45, 2.75) is 44.9 Å². The van der Waals surface area contributed by atoms with Crippen LogP contribution in [0, 0.1) is 24.2 Å². The van der Waals surface area contributed by atoms with Crippen molar-refractivity contribution in [1.82, 2.24) is 4.31 Å². The molecule has 0 aromatic heterocycles. The van der Waals surface area contributed by atoms with Crippen molar-refractivity contribution >= 4 is 10.0 Å². The molecule has 0 unspecified atom stereocenters. The van der Waals surface area contributed by atoms with E-state index in [4.69, 9.17) is 6.42 Å². The smallest absolute Gasteiger partial charge is 0.212 e. The van der Waals surface area contributed by atoms with Gasteiger partial charge in [-0.15, -0.1) is 6.42 Å². The van der Waals surface area contributed by atoms with Crippen molar-refractivity contribution in [1.29, 1.82) is 0 Å². The van der Waals surface area contributed by atoms with Gasteiger partial charge in [0.25, 0.3) is 0 Å². The van der Waals surface area contributed by atoms with Gasteiger partial charge in [-0.05, 0) is 37.5 Å². The third-order valence-corrected chi connectivity index (χ3v) is 5.95. The van der Waals surface area contributed by atoms with E-state index < -0.39 is 10.0 Å². The molecule has 0 heterocycles. The summed E-state index contributed by atoms with van der Waals surface area (Å²) in [4.78, 5) is 0. The second-order valence-electron chi connectivity index (χ2n) is 5.72. The molecular weight excluding hydrogens is 246 g/mol. The molecule has 2 fully saturated rings. The first-order chi connectivity index (χ1) is 8.62. The van der Waals surface area contributed by atoms with Gasteiger partial charge in [-0.25, -0.2) is 8.42 Å². The Morgan fingerprint density at radius 2 is 1.72 bits per heavy atom. The molecule has 102 valence electrons. The summed E-state index contributed by atoms with van der Waals surface area (Å²) < 4.78 is 26.3. The van der Waals surface area contributed by atoms with Gasteiger partial charge in [0.05, 0.1) is 12.3 Å². The fraction of sp³-hybridized carbons (Fsp3) is 0.857. The number of hydrogen-bond donors (Lipinski definition) is 0. The van der Waals surface area contributed by atoms with E-state index in [1.54, 1.807) is 4.31 Å². The minimum absolute atomic E-state index is 0.242. The minimum Gasteiger partial charge on any atom is -0.212 e. The lowest BCUT2D eigenvalue weighted by atomic mass is 9.91. The van der Waals surface area contributed by atoms with Crippen molar-refractivity contribution in [3.63, 3.8) is 0 Å². The van der Waals surface area contributed by atoms with Crippen LogP contribution in [0.2, 0.25) is 0 Å². The number of nitrogens with zero attached hydrogens (tertiary/aromatic N) is 1. The van der Waals surface area contributed by atoms with Crippen LogP contribution in [0.25, 0.3) is 0 Å². The van der Waals surface area contributed by atoms with Crippen LogP contribution in [-0.4, -0.2) is 31.6 Å².